The van der Waals surface area contributed by atoms with Gasteiger partial charge in [0.1, 0.15) is 12.0 Å². The number of furan rings is 2. The van der Waals surface area contributed by atoms with Crippen LogP contribution in [0.5, 0.6) is 0 Å². The average molecular weight is 360 g/mol. The molecule has 7 heteroatoms. The van der Waals surface area contributed by atoms with Gasteiger partial charge < -0.3 is 23.4 Å². The van der Waals surface area contributed by atoms with E-state index in [1.807, 2.05) is 24.8 Å². The molecular weight excluding hydrogens is 336 g/mol. The van der Waals surface area contributed by atoms with Crippen molar-refractivity contribution in [2.75, 3.05) is 19.6 Å². The molecule has 26 heavy (non-hydrogen) atoms. The van der Waals surface area contributed by atoms with E-state index in [0.29, 0.717) is 37.5 Å². The molecule has 2 aromatic rings. The molecule has 140 valence electrons. The first-order chi connectivity index (χ1) is 12.5. The Labute approximate surface area is 152 Å². The van der Waals surface area contributed by atoms with Gasteiger partial charge in [-0.15, -0.1) is 0 Å². The first-order valence-electron chi connectivity index (χ1n) is 8.80. The molecule has 1 aliphatic heterocycles. The molecule has 0 aromatic carbocycles. The van der Waals surface area contributed by atoms with Crippen molar-refractivity contribution in [2.45, 2.75) is 39.0 Å². The normalized spacial score (nSPS) is 20.2. The molecule has 3 rings (SSSR count). The number of amides is 2. The van der Waals surface area contributed by atoms with Gasteiger partial charge in [0.05, 0.1) is 36.8 Å². The lowest BCUT2D eigenvalue weighted by Crippen LogP contribution is -2.48. The number of morpholine rings is 1. The van der Waals surface area contributed by atoms with Gasteiger partial charge in [-0.1, -0.05) is 0 Å². The van der Waals surface area contributed by atoms with Crippen LogP contribution in [0.2, 0.25) is 0 Å². The lowest BCUT2D eigenvalue weighted by Gasteiger charge is -2.35. The molecule has 0 aliphatic carbocycles. The van der Waals surface area contributed by atoms with Gasteiger partial charge in [0.25, 0.3) is 5.91 Å². The van der Waals surface area contributed by atoms with Crippen LogP contribution in [0, 0.1) is 0 Å². The van der Waals surface area contributed by atoms with Crippen molar-refractivity contribution in [3.8, 4) is 0 Å². The third-order valence-electron chi connectivity index (χ3n) is 4.35. The minimum atomic E-state index is -0.188. The summed E-state index contributed by atoms with van der Waals surface area (Å²) in [7, 11) is 0. The fraction of sp³-hybridized carbons (Fsp3) is 0.474. The number of hydrogen-bond donors (Lipinski definition) is 0. The van der Waals surface area contributed by atoms with Gasteiger partial charge in [-0.3, -0.25) is 9.59 Å². The monoisotopic (exact) mass is 360 g/mol. The Morgan fingerprint density at radius 1 is 1.19 bits per heavy atom. The highest BCUT2D eigenvalue weighted by Crippen LogP contribution is 2.15. The summed E-state index contributed by atoms with van der Waals surface area (Å²) in [5.74, 6) is 0.506. The van der Waals surface area contributed by atoms with E-state index in [0.717, 1.165) is 0 Å². The van der Waals surface area contributed by atoms with Gasteiger partial charge >= 0.3 is 0 Å². The van der Waals surface area contributed by atoms with Gasteiger partial charge in [-0.05, 0) is 32.0 Å². The van der Waals surface area contributed by atoms with Crippen LogP contribution in [0.3, 0.4) is 0 Å². The second kappa shape index (κ2) is 8.23. The van der Waals surface area contributed by atoms with Crippen molar-refractivity contribution in [2.24, 2.45) is 0 Å². The van der Waals surface area contributed by atoms with E-state index in [1.165, 1.54) is 12.5 Å². The summed E-state index contributed by atoms with van der Waals surface area (Å²) in [6.45, 7) is 5.70. The Morgan fingerprint density at radius 3 is 2.58 bits per heavy atom. The Kier molecular flexibility index (Phi) is 5.78. The summed E-state index contributed by atoms with van der Waals surface area (Å²) in [4.78, 5) is 28.7. The molecule has 1 aliphatic rings. The van der Waals surface area contributed by atoms with E-state index in [1.54, 1.807) is 23.3 Å². The lowest BCUT2D eigenvalue weighted by atomic mass is 10.2. The fourth-order valence-electron chi connectivity index (χ4n) is 3.18. The van der Waals surface area contributed by atoms with Crippen molar-refractivity contribution < 1.29 is 23.2 Å². The molecule has 2 aromatic heterocycles. The highest BCUT2D eigenvalue weighted by atomic mass is 16.5. The fourth-order valence-corrected chi connectivity index (χ4v) is 3.18. The quantitative estimate of drug-likeness (QED) is 0.791. The van der Waals surface area contributed by atoms with Crippen LogP contribution >= 0.6 is 0 Å². The topological polar surface area (TPSA) is 76.1 Å². The molecule has 0 spiro atoms. The SMILES string of the molecule is CC1CN(C(=O)CCN(Cc2ccco2)C(=O)c2ccoc2)CC(C)O1. The Morgan fingerprint density at radius 2 is 1.96 bits per heavy atom. The van der Waals surface area contributed by atoms with Crippen LogP contribution in [0.15, 0.2) is 45.8 Å². The Balaban J connectivity index is 1.63. The first-order valence-corrected chi connectivity index (χ1v) is 8.80. The molecule has 0 N–H and O–H groups in total. The van der Waals surface area contributed by atoms with E-state index >= 15 is 0 Å². The summed E-state index contributed by atoms with van der Waals surface area (Å²) in [5, 5.41) is 0. The number of hydrogen-bond acceptors (Lipinski definition) is 5. The van der Waals surface area contributed by atoms with E-state index < -0.39 is 0 Å². The van der Waals surface area contributed by atoms with Crippen LogP contribution in [-0.4, -0.2) is 53.5 Å². The molecule has 1 fully saturated rings. The van der Waals surface area contributed by atoms with E-state index in [4.69, 9.17) is 13.6 Å². The maximum Gasteiger partial charge on any atom is 0.257 e. The summed E-state index contributed by atoms with van der Waals surface area (Å²) < 4.78 is 16.0. The van der Waals surface area contributed by atoms with E-state index in [2.05, 4.69) is 0 Å². The van der Waals surface area contributed by atoms with Gasteiger partial charge in [-0.25, -0.2) is 0 Å². The molecular formula is C19H24N2O5. The van der Waals surface area contributed by atoms with E-state index in [-0.39, 0.29) is 30.4 Å². The molecule has 0 radical (unpaired) electrons. The molecule has 7 nitrogen and oxygen atoms in total. The third-order valence-corrected chi connectivity index (χ3v) is 4.35. The van der Waals surface area contributed by atoms with E-state index in [9.17, 15) is 9.59 Å². The molecule has 0 saturated carbocycles. The van der Waals surface area contributed by atoms with Crippen molar-refractivity contribution in [1.29, 1.82) is 0 Å². The minimum absolute atomic E-state index is 0.0227. The van der Waals surface area contributed by atoms with Crippen LogP contribution < -0.4 is 0 Å². The predicted octanol–water partition coefficient (Wildman–Crippen LogP) is 2.54. The highest BCUT2D eigenvalue weighted by Gasteiger charge is 2.27. The van der Waals surface area contributed by atoms with Crippen LogP contribution in [-0.2, 0) is 16.1 Å². The molecule has 2 amide bonds. The Bertz CT molecular complexity index is 700. The molecule has 2 atom stereocenters. The van der Waals surface area contributed by atoms with Crippen LogP contribution in [0.1, 0.15) is 36.4 Å². The van der Waals surface area contributed by atoms with Crippen LogP contribution in [0.25, 0.3) is 0 Å². The van der Waals surface area contributed by atoms with Crippen molar-refractivity contribution in [3.05, 3.63) is 48.3 Å². The number of carbonyl (C=O) groups excluding carboxylic acids is 2. The number of carbonyl (C=O) groups is 2. The molecule has 2 unspecified atom stereocenters. The second-order valence-corrected chi connectivity index (χ2v) is 6.62. The first kappa shape index (κ1) is 18.3. The number of rotatable bonds is 6. The number of nitrogens with zero attached hydrogens (tertiary/aromatic N) is 2. The standard InChI is InChI=1S/C19H24N2O5/c1-14-10-21(11-15(2)26-14)18(22)5-7-20(12-17-4-3-8-25-17)19(23)16-6-9-24-13-16/h3-4,6,8-9,13-15H,5,7,10-12H2,1-2H3. The Hall–Kier alpha value is -2.54. The van der Waals surface area contributed by atoms with Crippen molar-refractivity contribution in [1.82, 2.24) is 9.80 Å². The van der Waals surface area contributed by atoms with Crippen molar-refractivity contribution >= 4 is 11.8 Å². The van der Waals surface area contributed by atoms with Gasteiger partial charge in [0.2, 0.25) is 5.91 Å². The van der Waals surface area contributed by atoms with Crippen molar-refractivity contribution in [3.63, 3.8) is 0 Å². The largest absolute Gasteiger partial charge is 0.472 e. The molecule has 0 bridgehead atoms. The highest BCUT2D eigenvalue weighted by molar-refractivity contribution is 5.94. The smallest absolute Gasteiger partial charge is 0.257 e. The zero-order chi connectivity index (χ0) is 18.5. The summed E-state index contributed by atoms with van der Waals surface area (Å²) >= 11 is 0. The lowest BCUT2D eigenvalue weighted by molar-refractivity contribution is -0.143. The maximum atomic E-state index is 12.7. The third kappa shape index (κ3) is 4.54. The summed E-state index contributed by atoms with van der Waals surface area (Å²) in [6, 6.07) is 5.20. The summed E-state index contributed by atoms with van der Waals surface area (Å²) in [6.07, 6.45) is 4.73. The number of ether oxygens (including phenoxy) is 1. The molecule has 3 heterocycles. The maximum absolute atomic E-state index is 12.7. The van der Waals surface area contributed by atoms with Gasteiger partial charge in [0.15, 0.2) is 0 Å². The second-order valence-electron chi connectivity index (χ2n) is 6.62. The zero-order valence-electron chi connectivity index (χ0n) is 15.1. The predicted molar refractivity (Wildman–Crippen MR) is 93.4 cm³/mol. The zero-order valence-corrected chi connectivity index (χ0v) is 15.1. The average Bonchev–Trinajstić information content (AvgIpc) is 3.30. The van der Waals surface area contributed by atoms with Gasteiger partial charge in [0, 0.05) is 26.1 Å². The molecule has 1 saturated heterocycles. The minimum Gasteiger partial charge on any atom is -0.472 e. The van der Waals surface area contributed by atoms with Crippen LogP contribution in [0.4, 0.5) is 0 Å². The van der Waals surface area contributed by atoms with Gasteiger partial charge in [-0.2, -0.15) is 0 Å². The summed E-state index contributed by atoms with van der Waals surface area (Å²) in [5.41, 5.74) is 0.456.